The average Bonchev–Trinajstić information content (AvgIpc) is 2.29. The molecule has 1 atom stereocenters. The van der Waals surface area contributed by atoms with Gasteiger partial charge in [0.25, 0.3) is 0 Å². The molecule has 19 heavy (non-hydrogen) atoms. The Bertz CT molecular complexity index is 395. The van der Waals surface area contributed by atoms with Crippen LogP contribution in [0.2, 0.25) is 5.02 Å². The largest absolute Gasteiger partial charge is 0.389 e. The fourth-order valence-corrected chi connectivity index (χ4v) is 2.47. The Morgan fingerprint density at radius 1 is 1.42 bits per heavy atom. The Morgan fingerprint density at radius 2 is 2.16 bits per heavy atom. The molecular formula is C15H22ClNO2. The predicted molar refractivity (Wildman–Crippen MR) is 77.4 cm³/mol. The van der Waals surface area contributed by atoms with E-state index in [1.54, 1.807) is 0 Å². The van der Waals surface area contributed by atoms with Gasteiger partial charge >= 0.3 is 0 Å². The zero-order valence-electron chi connectivity index (χ0n) is 11.4. The summed E-state index contributed by atoms with van der Waals surface area (Å²) in [6, 6.07) is 8.27. The molecule has 1 saturated carbocycles. The van der Waals surface area contributed by atoms with Gasteiger partial charge in [0.2, 0.25) is 0 Å². The maximum absolute atomic E-state index is 9.94. The second-order valence-corrected chi connectivity index (χ2v) is 5.69. The molecule has 2 rings (SSSR count). The van der Waals surface area contributed by atoms with E-state index in [0.717, 1.165) is 5.56 Å². The fraction of sp³-hybridized carbons (Fsp3) is 0.600. The number of rotatable bonds is 7. The van der Waals surface area contributed by atoms with E-state index in [2.05, 4.69) is 11.9 Å². The molecular weight excluding hydrogens is 262 g/mol. The zero-order chi connectivity index (χ0) is 13.7. The lowest BCUT2D eigenvalue weighted by Crippen LogP contribution is -2.42. The molecule has 1 aliphatic carbocycles. The quantitative estimate of drug-likeness (QED) is 0.835. The van der Waals surface area contributed by atoms with E-state index in [1.165, 1.54) is 19.3 Å². The maximum atomic E-state index is 9.94. The summed E-state index contributed by atoms with van der Waals surface area (Å²) in [5.74, 6) is 0. The average molecular weight is 284 g/mol. The van der Waals surface area contributed by atoms with Crippen molar-refractivity contribution >= 4 is 11.6 Å². The molecule has 0 amide bonds. The number of aliphatic hydroxyl groups excluding tert-OH is 1. The third kappa shape index (κ3) is 4.46. The number of halogens is 1. The number of benzene rings is 1. The lowest BCUT2D eigenvalue weighted by atomic mass is 9.92. The van der Waals surface area contributed by atoms with Gasteiger partial charge in [-0.1, -0.05) is 36.2 Å². The van der Waals surface area contributed by atoms with Crippen molar-refractivity contribution in [3.05, 3.63) is 34.9 Å². The minimum absolute atomic E-state index is 0.349. The predicted octanol–water partition coefficient (Wildman–Crippen LogP) is 2.70. The van der Waals surface area contributed by atoms with Crippen LogP contribution in [0.3, 0.4) is 0 Å². The molecule has 0 bridgehead atoms. The molecule has 1 N–H and O–H groups in total. The molecule has 0 aliphatic heterocycles. The first-order valence-corrected chi connectivity index (χ1v) is 7.24. The normalized spacial score (nSPS) is 17.5. The van der Waals surface area contributed by atoms with E-state index in [0.29, 0.717) is 30.8 Å². The molecule has 1 unspecified atom stereocenters. The zero-order valence-corrected chi connectivity index (χ0v) is 12.1. The summed E-state index contributed by atoms with van der Waals surface area (Å²) in [5, 5.41) is 10.6. The highest BCUT2D eigenvalue weighted by atomic mass is 35.5. The standard InChI is InChI=1S/C15H22ClNO2/c1-17(13-6-4-7-13)9-14(18)11-19-10-12-5-2-3-8-15(12)16/h2-3,5,8,13-14,18H,4,6-7,9-11H2,1H3. The van der Waals surface area contributed by atoms with Gasteiger partial charge in [0.05, 0.1) is 19.3 Å². The first kappa shape index (κ1) is 14.8. The lowest BCUT2D eigenvalue weighted by molar-refractivity contribution is 0.00111. The van der Waals surface area contributed by atoms with Crippen LogP contribution in [0.1, 0.15) is 24.8 Å². The molecule has 1 aromatic carbocycles. The van der Waals surface area contributed by atoms with Gasteiger partial charge in [-0.15, -0.1) is 0 Å². The first-order valence-electron chi connectivity index (χ1n) is 6.86. The lowest BCUT2D eigenvalue weighted by Gasteiger charge is -2.35. The van der Waals surface area contributed by atoms with Crippen LogP contribution in [-0.2, 0) is 11.3 Å². The number of likely N-dealkylation sites (N-methyl/N-ethyl adjacent to an activating group) is 1. The van der Waals surface area contributed by atoms with Crippen molar-refractivity contribution in [2.45, 2.75) is 38.0 Å². The summed E-state index contributed by atoms with van der Waals surface area (Å²) in [6.45, 7) is 1.47. The SMILES string of the molecule is CN(CC(O)COCc1ccccc1Cl)C1CCC1. The summed E-state index contributed by atoms with van der Waals surface area (Å²) in [5.41, 5.74) is 0.962. The Morgan fingerprint density at radius 3 is 2.79 bits per heavy atom. The van der Waals surface area contributed by atoms with E-state index in [4.69, 9.17) is 16.3 Å². The molecule has 4 heteroatoms. The Hall–Kier alpha value is -0.610. The summed E-state index contributed by atoms with van der Waals surface area (Å²) >= 11 is 6.04. The van der Waals surface area contributed by atoms with Gasteiger partial charge in [0, 0.05) is 17.6 Å². The number of ether oxygens (including phenoxy) is 1. The van der Waals surface area contributed by atoms with Gasteiger partial charge in [-0.2, -0.15) is 0 Å². The Kier molecular flexibility index (Phi) is 5.64. The van der Waals surface area contributed by atoms with Crippen LogP contribution in [-0.4, -0.2) is 42.4 Å². The monoisotopic (exact) mass is 283 g/mol. The van der Waals surface area contributed by atoms with Crippen molar-refractivity contribution in [3.63, 3.8) is 0 Å². The number of hydrogen-bond donors (Lipinski definition) is 1. The molecule has 106 valence electrons. The van der Waals surface area contributed by atoms with Gasteiger partial charge in [0.1, 0.15) is 0 Å². The van der Waals surface area contributed by atoms with Crippen molar-refractivity contribution in [1.29, 1.82) is 0 Å². The molecule has 0 heterocycles. The highest BCUT2D eigenvalue weighted by Crippen LogP contribution is 2.23. The fourth-order valence-electron chi connectivity index (χ4n) is 2.28. The second kappa shape index (κ2) is 7.25. The summed E-state index contributed by atoms with van der Waals surface area (Å²) in [4.78, 5) is 2.23. The van der Waals surface area contributed by atoms with Crippen LogP contribution >= 0.6 is 11.6 Å². The minimum atomic E-state index is -0.437. The van der Waals surface area contributed by atoms with Crippen LogP contribution in [0.4, 0.5) is 0 Å². The van der Waals surface area contributed by atoms with E-state index in [1.807, 2.05) is 24.3 Å². The second-order valence-electron chi connectivity index (χ2n) is 5.28. The Balaban J connectivity index is 1.66. The molecule has 0 spiro atoms. The van der Waals surface area contributed by atoms with E-state index in [9.17, 15) is 5.11 Å². The molecule has 1 aliphatic rings. The molecule has 0 aromatic heterocycles. The van der Waals surface area contributed by atoms with Crippen molar-refractivity contribution in [2.75, 3.05) is 20.2 Å². The van der Waals surface area contributed by atoms with Gasteiger partial charge < -0.3 is 14.7 Å². The summed E-state index contributed by atoms with van der Waals surface area (Å²) < 4.78 is 5.53. The van der Waals surface area contributed by atoms with Crippen molar-refractivity contribution in [2.24, 2.45) is 0 Å². The van der Waals surface area contributed by atoms with Crippen LogP contribution in [0.15, 0.2) is 24.3 Å². The van der Waals surface area contributed by atoms with Gasteiger partial charge in [-0.3, -0.25) is 0 Å². The van der Waals surface area contributed by atoms with Crippen molar-refractivity contribution in [1.82, 2.24) is 4.90 Å². The van der Waals surface area contributed by atoms with Crippen LogP contribution < -0.4 is 0 Å². The van der Waals surface area contributed by atoms with Crippen LogP contribution in [0.5, 0.6) is 0 Å². The van der Waals surface area contributed by atoms with Crippen molar-refractivity contribution < 1.29 is 9.84 Å². The van der Waals surface area contributed by atoms with Crippen molar-refractivity contribution in [3.8, 4) is 0 Å². The number of nitrogens with zero attached hydrogens (tertiary/aromatic N) is 1. The summed E-state index contributed by atoms with van der Waals surface area (Å²) in [7, 11) is 2.07. The van der Waals surface area contributed by atoms with E-state index >= 15 is 0 Å². The van der Waals surface area contributed by atoms with Crippen LogP contribution in [0, 0.1) is 0 Å². The van der Waals surface area contributed by atoms with Gasteiger partial charge in [0.15, 0.2) is 0 Å². The molecule has 1 aromatic rings. The topological polar surface area (TPSA) is 32.7 Å². The van der Waals surface area contributed by atoms with E-state index in [-0.39, 0.29) is 0 Å². The molecule has 0 saturated heterocycles. The smallest absolute Gasteiger partial charge is 0.0900 e. The third-order valence-electron chi connectivity index (χ3n) is 3.72. The maximum Gasteiger partial charge on any atom is 0.0900 e. The highest BCUT2D eigenvalue weighted by Gasteiger charge is 2.23. The number of aliphatic hydroxyl groups is 1. The molecule has 0 radical (unpaired) electrons. The third-order valence-corrected chi connectivity index (χ3v) is 4.09. The summed E-state index contributed by atoms with van der Waals surface area (Å²) in [6.07, 6.45) is 3.38. The van der Waals surface area contributed by atoms with Gasteiger partial charge in [-0.25, -0.2) is 0 Å². The van der Waals surface area contributed by atoms with Crippen LogP contribution in [0.25, 0.3) is 0 Å². The molecule has 3 nitrogen and oxygen atoms in total. The van der Waals surface area contributed by atoms with E-state index < -0.39 is 6.10 Å². The van der Waals surface area contributed by atoms with Gasteiger partial charge in [-0.05, 0) is 31.5 Å². The first-order chi connectivity index (χ1) is 9.16. The Labute approximate surface area is 120 Å². The minimum Gasteiger partial charge on any atom is -0.389 e. The highest BCUT2D eigenvalue weighted by molar-refractivity contribution is 6.31. The number of hydrogen-bond acceptors (Lipinski definition) is 3. The molecule has 1 fully saturated rings.